The van der Waals surface area contributed by atoms with Crippen molar-refractivity contribution in [3.63, 3.8) is 0 Å². The van der Waals surface area contributed by atoms with E-state index in [4.69, 9.17) is 9.47 Å². The van der Waals surface area contributed by atoms with Gasteiger partial charge in [-0.15, -0.1) is 0 Å². The van der Waals surface area contributed by atoms with Gasteiger partial charge in [0.15, 0.2) is 0 Å². The molecule has 1 heterocycles. The van der Waals surface area contributed by atoms with Gasteiger partial charge in [-0.05, 0) is 87.5 Å². The molecule has 0 saturated heterocycles. The Kier molecular flexibility index (Phi) is 10.3. The Balaban J connectivity index is 1.80. The lowest BCUT2D eigenvalue weighted by Crippen LogP contribution is -2.47. The number of aryl methyl sites for hydroxylation is 1. The summed E-state index contributed by atoms with van der Waals surface area (Å²) in [4.78, 5) is 13.7. The van der Waals surface area contributed by atoms with Crippen LogP contribution in [-0.2, 0) is 16.1 Å². The van der Waals surface area contributed by atoms with Crippen LogP contribution in [0.25, 0.3) is 22.2 Å². The first-order valence-corrected chi connectivity index (χ1v) is 15.9. The fraction of sp³-hybridized carbons (Fsp3) is 0.605. The number of nitrogens with zero attached hydrogens (tertiary/aromatic N) is 1. The molecule has 0 bridgehead atoms. The maximum Gasteiger partial charge on any atom is 0.312 e. The number of carbonyl (C=O) groups excluding carboxylic acids is 1. The average molecular weight is 576 g/mol. The molecule has 0 amide bonds. The van der Waals surface area contributed by atoms with E-state index >= 15 is 0 Å². The minimum absolute atomic E-state index is 0.00701. The highest BCUT2D eigenvalue weighted by Gasteiger charge is 2.49. The number of hydrogen-bond acceptors (Lipinski definition) is 3. The molecule has 232 valence electrons. The zero-order valence-corrected chi connectivity index (χ0v) is 28.6. The molecule has 0 aliphatic carbocycles. The van der Waals surface area contributed by atoms with E-state index < -0.39 is 11.0 Å². The SMILES string of the molecule is CC(C)CCCn1c(-c2ccccc2)cc2ccc(OC(C)CC(C)(C)OC(=O)C(C)(CC(C)(C)C)C(C)(C)C)cc21. The van der Waals surface area contributed by atoms with Gasteiger partial charge in [-0.1, -0.05) is 85.7 Å². The number of benzene rings is 2. The molecule has 3 aromatic rings. The Bertz CT molecular complexity index is 1320. The topological polar surface area (TPSA) is 40.5 Å². The highest BCUT2D eigenvalue weighted by Crippen LogP contribution is 2.48. The zero-order chi connectivity index (χ0) is 31.5. The van der Waals surface area contributed by atoms with Gasteiger partial charge in [-0.3, -0.25) is 4.79 Å². The lowest BCUT2D eigenvalue weighted by Gasteiger charge is -2.45. The van der Waals surface area contributed by atoms with Crippen molar-refractivity contribution in [1.29, 1.82) is 0 Å². The lowest BCUT2D eigenvalue weighted by molar-refractivity contribution is -0.180. The first kappa shape index (κ1) is 33.7. The third-order valence-corrected chi connectivity index (χ3v) is 8.58. The zero-order valence-electron chi connectivity index (χ0n) is 28.6. The van der Waals surface area contributed by atoms with Crippen LogP contribution in [0.1, 0.15) is 109 Å². The van der Waals surface area contributed by atoms with Gasteiger partial charge in [0.2, 0.25) is 0 Å². The molecule has 4 nitrogen and oxygen atoms in total. The second kappa shape index (κ2) is 12.9. The van der Waals surface area contributed by atoms with Crippen molar-refractivity contribution in [1.82, 2.24) is 4.57 Å². The van der Waals surface area contributed by atoms with Crippen molar-refractivity contribution in [3.8, 4) is 17.0 Å². The van der Waals surface area contributed by atoms with Gasteiger partial charge in [0.1, 0.15) is 11.4 Å². The van der Waals surface area contributed by atoms with Crippen LogP contribution in [-0.4, -0.2) is 22.2 Å². The predicted octanol–water partition coefficient (Wildman–Crippen LogP) is 10.7. The van der Waals surface area contributed by atoms with Crippen molar-refractivity contribution in [2.75, 3.05) is 0 Å². The standard InChI is InChI=1S/C38H57NO3/c1-27(2)17-16-22-39-32(29-18-14-13-15-19-29)23-30-20-21-31(24-33(30)39)41-28(3)25-37(10,11)42-34(40)38(12,36(7,8)9)26-35(4,5)6/h13-15,18-21,23-24,27-28H,16-17,22,25-26H2,1-12H3. The summed E-state index contributed by atoms with van der Waals surface area (Å²) in [6.45, 7) is 26.6. The number of ether oxygens (including phenoxy) is 2. The number of esters is 1. The molecule has 2 aromatic carbocycles. The van der Waals surface area contributed by atoms with Crippen molar-refractivity contribution in [3.05, 3.63) is 54.6 Å². The fourth-order valence-electron chi connectivity index (χ4n) is 6.13. The summed E-state index contributed by atoms with van der Waals surface area (Å²) < 4.78 is 15.2. The van der Waals surface area contributed by atoms with E-state index in [1.807, 2.05) is 13.8 Å². The van der Waals surface area contributed by atoms with Crippen LogP contribution in [0.2, 0.25) is 0 Å². The van der Waals surface area contributed by atoms with Crippen molar-refractivity contribution in [2.24, 2.45) is 22.2 Å². The van der Waals surface area contributed by atoms with Crippen LogP contribution in [0.5, 0.6) is 5.75 Å². The van der Waals surface area contributed by atoms with E-state index in [0.29, 0.717) is 12.3 Å². The quantitative estimate of drug-likeness (QED) is 0.202. The Morgan fingerprint density at radius 2 is 1.50 bits per heavy atom. The molecule has 0 radical (unpaired) electrons. The second-order valence-electron chi connectivity index (χ2n) is 15.9. The number of rotatable bonds is 12. The molecule has 0 fully saturated rings. The predicted molar refractivity (Wildman–Crippen MR) is 178 cm³/mol. The highest BCUT2D eigenvalue weighted by molar-refractivity contribution is 5.88. The number of carbonyl (C=O) groups is 1. The lowest BCUT2D eigenvalue weighted by atomic mass is 9.61. The first-order chi connectivity index (χ1) is 19.3. The summed E-state index contributed by atoms with van der Waals surface area (Å²) in [6.07, 6.45) is 3.54. The molecule has 0 aliphatic heterocycles. The summed E-state index contributed by atoms with van der Waals surface area (Å²) in [7, 11) is 0. The van der Waals surface area contributed by atoms with Gasteiger partial charge in [0, 0.05) is 30.1 Å². The Hall–Kier alpha value is -2.75. The van der Waals surface area contributed by atoms with E-state index in [0.717, 1.165) is 25.1 Å². The minimum atomic E-state index is -0.664. The molecular formula is C38H57NO3. The maximum absolute atomic E-state index is 13.7. The summed E-state index contributed by atoms with van der Waals surface area (Å²) in [5.74, 6) is 1.39. The molecule has 1 aromatic heterocycles. The van der Waals surface area contributed by atoms with Gasteiger partial charge in [-0.2, -0.15) is 0 Å². The number of aromatic nitrogens is 1. The van der Waals surface area contributed by atoms with Crippen LogP contribution in [0, 0.1) is 22.2 Å². The van der Waals surface area contributed by atoms with Crippen LogP contribution >= 0.6 is 0 Å². The second-order valence-corrected chi connectivity index (χ2v) is 15.9. The molecule has 2 unspecified atom stereocenters. The molecule has 4 heteroatoms. The Labute approximate surface area is 256 Å². The van der Waals surface area contributed by atoms with Crippen molar-refractivity contribution >= 4 is 16.9 Å². The first-order valence-electron chi connectivity index (χ1n) is 15.9. The van der Waals surface area contributed by atoms with E-state index in [9.17, 15) is 4.79 Å². The third-order valence-electron chi connectivity index (χ3n) is 8.58. The average Bonchev–Trinajstić information content (AvgIpc) is 3.19. The molecule has 42 heavy (non-hydrogen) atoms. The molecular weight excluding hydrogens is 518 g/mol. The molecule has 0 saturated carbocycles. The summed E-state index contributed by atoms with van der Waals surface area (Å²) >= 11 is 0. The van der Waals surface area contributed by atoms with Crippen molar-refractivity contribution in [2.45, 2.75) is 127 Å². The normalized spacial score (nSPS) is 15.1. The van der Waals surface area contributed by atoms with Crippen LogP contribution in [0.3, 0.4) is 0 Å². The number of fused-ring (bicyclic) bond motifs is 1. The van der Waals surface area contributed by atoms with Crippen LogP contribution < -0.4 is 4.74 Å². The summed E-state index contributed by atoms with van der Waals surface area (Å²) in [5.41, 5.74) is 2.17. The molecule has 3 rings (SSSR count). The van der Waals surface area contributed by atoms with Gasteiger partial charge < -0.3 is 14.0 Å². The monoisotopic (exact) mass is 575 g/mol. The van der Waals surface area contributed by atoms with Gasteiger partial charge in [-0.25, -0.2) is 0 Å². The highest BCUT2D eigenvalue weighted by atomic mass is 16.6. The van der Waals surface area contributed by atoms with Gasteiger partial charge in [0.05, 0.1) is 17.0 Å². The minimum Gasteiger partial charge on any atom is -0.490 e. The third kappa shape index (κ3) is 8.64. The van der Waals surface area contributed by atoms with E-state index in [1.165, 1.54) is 28.6 Å². The fourth-order valence-corrected chi connectivity index (χ4v) is 6.13. The molecule has 0 aliphatic rings. The van der Waals surface area contributed by atoms with Gasteiger partial charge >= 0.3 is 5.97 Å². The van der Waals surface area contributed by atoms with Crippen LogP contribution in [0.4, 0.5) is 0 Å². The maximum atomic E-state index is 13.7. The Morgan fingerprint density at radius 1 is 0.857 bits per heavy atom. The van der Waals surface area contributed by atoms with E-state index in [1.54, 1.807) is 0 Å². The largest absolute Gasteiger partial charge is 0.490 e. The van der Waals surface area contributed by atoms with Crippen LogP contribution in [0.15, 0.2) is 54.6 Å². The van der Waals surface area contributed by atoms with E-state index in [-0.39, 0.29) is 22.9 Å². The molecule has 0 N–H and O–H groups in total. The summed E-state index contributed by atoms with van der Waals surface area (Å²) in [6, 6.07) is 19.3. The van der Waals surface area contributed by atoms with Crippen molar-refractivity contribution < 1.29 is 14.3 Å². The Morgan fingerprint density at radius 3 is 2.07 bits per heavy atom. The summed E-state index contributed by atoms with van der Waals surface area (Å²) in [5, 5.41) is 1.22. The number of hydrogen-bond donors (Lipinski definition) is 0. The van der Waals surface area contributed by atoms with Gasteiger partial charge in [0.25, 0.3) is 0 Å². The van der Waals surface area contributed by atoms with E-state index in [2.05, 4.69) is 128 Å². The smallest absolute Gasteiger partial charge is 0.312 e. The molecule has 0 spiro atoms. The molecule has 2 atom stereocenters.